The zero-order valence-corrected chi connectivity index (χ0v) is 22.9. The van der Waals surface area contributed by atoms with E-state index >= 15 is 0 Å². The molecule has 0 aliphatic carbocycles. The van der Waals surface area contributed by atoms with Crippen molar-refractivity contribution in [2.24, 2.45) is 5.10 Å². The van der Waals surface area contributed by atoms with Gasteiger partial charge >= 0.3 is 0 Å². The lowest BCUT2D eigenvalue weighted by atomic mass is 10.2. The first kappa shape index (κ1) is 29.2. The van der Waals surface area contributed by atoms with E-state index in [1.165, 1.54) is 63.9 Å². The maximum Gasteiger partial charge on any atom is 0.255 e. The molecule has 0 unspecified atom stereocenters. The number of amides is 1. The molecule has 38 heavy (non-hydrogen) atoms. The summed E-state index contributed by atoms with van der Waals surface area (Å²) in [6, 6.07) is 12.6. The molecule has 9 nitrogen and oxygen atoms in total. The first-order valence-corrected chi connectivity index (χ1v) is 13.1. The molecule has 202 valence electrons. The monoisotopic (exact) mass is 583 g/mol. The van der Waals surface area contributed by atoms with Gasteiger partial charge in [-0.25, -0.2) is 18.2 Å². The summed E-state index contributed by atoms with van der Waals surface area (Å²) in [5.41, 5.74) is 2.64. The highest BCUT2D eigenvalue weighted by Gasteiger charge is 2.28. The van der Waals surface area contributed by atoms with E-state index in [9.17, 15) is 17.6 Å². The van der Waals surface area contributed by atoms with Gasteiger partial charge < -0.3 is 14.2 Å². The maximum absolute atomic E-state index is 14.5. The Labute approximate surface area is 229 Å². The molecule has 0 fully saturated rings. The fourth-order valence-corrected chi connectivity index (χ4v) is 5.15. The van der Waals surface area contributed by atoms with Crippen LogP contribution < -0.4 is 19.6 Å². The van der Waals surface area contributed by atoms with Crippen LogP contribution in [0.25, 0.3) is 0 Å². The van der Waals surface area contributed by atoms with Gasteiger partial charge in [0.05, 0.1) is 39.0 Å². The minimum absolute atomic E-state index is 0.0142. The van der Waals surface area contributed by atoms with Crippen molar-refractivity contribution in [3.63, 3.8) is 0 Å². The Bertz CT molecular complexity index is 1420. The van der Waals surface area contributed by atoms with E-state index in [0.717, 1.165) is 10.4 Å². The third-order valence-electron chi connectivity index (χ3n) is 5.30. The van der Waals surface area contributed by atoms with Crippen LogP contribution in [0.1, 0.15) is 11.1 Å². The number of ether oxygens (including phenoxy) is 3. The number of carbonyl (C=O) groups excluding carboxylic acids is 1. The number of nitrogens with zero attached hydrogens (tertiary/aromatic N) is 2. The number of carbonyl (C=O) groups is 1. The normalized spacial score (nSPS) is 11.6. The van der Waals surface area contributed by atoms with E-state index < -0.39 is 34.8 Å². The number of nitrogens with one attached hydrogen (secondary N) is 1. The van der Waals surface area contributed by atoms with Gasteiger partial charge in [-0.15, -0.1) is 0 Å². The van der Waals surface area contributed by atoms with E-state index in [0.29, 0.717) is 27.8 Å². The van der Waals surface area contributed by atoms with Crippen LogP contribution in [0.15, 0.2) is 64.6 Å². The highest BCUT2D eigenvalue weighted by atomic mass is 35.5. The maximum atomic E-state index is 14.5. The molecule has 0 saturated carbocycles. The standard InChI is InChI=1S/C25H24Cl2FN3O6S/c1-35-22-12-7-16(24(36-2)25(22)37-3)13-29-30-23(32)15-31(14-19-20(27)5-4-6-21(19)28)38(33,34)18-10-8-17(26)9-11-18/h4-13H,14-15H2,1-3H3,(H,30,32)/b29-13-. The van der Waals surface area contributed by atoms with Gasteiger partial charge in [-0.1, -0.05) is 29.3 Å². The SMILES string of the molecule is COc1ccc(/C=N\NC(=O)CN(Cc2c(F)cccc2Cl)S(=O)(=O)c2ccc(Cl)cc2)c(OC)c1OC. The number of benzene rings is 3. The molecule has 0 radical (unpaired) electrons. The molecular weight excluding hydrogens is 560 g/mol. The van der Waals surface area contributed by atoms with Gasteiger partial charge in [0, 0.05) is 27.7 Å². The second-order valence-corrected chi connectivity index (χ2v) is 10.4. The van der Waals surface area contributed by atoms with Crippen molar-refractivity contribution in [1.82, 2.24) is 9.73 Å². The molecule has 3 aromatic carbocycles. The summed E-state index contributed by atoms with van der Waals surface area (Å²) in [4.78, 5) is 12.6. The molecule has 0 bridgehead atoms. The smallest absolute Gasteiger partial charge is 0.255 e. The molecule has 0 saturated heterocycles. The van der Waals surface area contributed by atoms with Crippen LogP contribution in [-0.4, -0.2) is 52.7 Å². The van der Waals surface area contributed by atoms with Gasteiger partial charge in [0.15, 0.2) is 11.5 Å². The van der Waals surface area contributed by atoms with Crippen LogP contribution in [0, 0.1) is 5.82 Å². The zero-order valence-electron chi connectivity index (χ0n) is 20.6. The van der Waals surface area contributed by atoms with Crippen LogP contribution in [0.5, 0.6) is 17.2 Å². The zero-order chi connectivity index (χ0) is 27.9. The van der Waals surface area contributed by atoms with Crippen LogP contribution in [0.3, 0.4) is 0 Å². The number of halogens is 3. The van der Waals surface area contributed by atoms with Gasteiger partial charge in [-0.2, -0.15) is 9.41 Å². The molecule has 3 aromatic rings. The van der Waals surface area contributed by atoms with Gasteiger partial charge in [-0.05, 0) is 48.5 Å². The quantitative estimate of drug-likeness (QED) is 0.263. The highest BCUT2D eigenvalue weighted by molar-refractivity contribution is 7.89. The molecule has 0 aliphatic heterocycles. The Morgan fingerprint density at radius 1 is 1.00 bits per heavy atom. The summed E-state index contributed by atoms with van der Waals surface area (Å²) < 4.78 is 58.0. The highest BCUT2D eigenvalue weighted by Crippen LogP contribution is 2.39. The third kappa shape index (κ3) is 6.73. The molecule has 0 aromatic heterocycles. The van der Waals surface area contributed by atoms with E-state index in [4.69, 9.17) is 37.4 Å². The number of rotatable bonds is 11. The molecule has 0 heterocycles. The Balaban J connectivity index is 1.86. The molecule has 3 rings (SSSR count). The lowest BCUT2D eigenvalue weighted by molar-refractivity contribution is -0.121. The molecule has 0 atom stereocenters. The molecule has 0 spiro atoms. The molecule has 0 aliphatic rings. The van der Waals surface area contributed by atoms with Crippen LogP contribution in [0.2, 0.25) is 10.0 Å². The van der Waals surface area contributed by atoms with Crippen molar-refractivity contribution in [3.05, 3.63) is 81.6 Å². The van der Waals surface area contributed by atoms with Gasteiger partial charge in [-0.3, -0.25) is 4.79 Å². The molecule has 1 amide bonds. The summed E-state index contributed by atoms with van der Waals surface area (Å²) in [6.45, 7) is -1.19. The largest absolute Gasteiger partial charge is 0.493 e. The third-order valence-corrected chi connectivity index (χ3v) is 7.71. The fraction of sp³-hybridized carbons (Fsp3) is 0.200. The molecular formula is C25H24Cl2FN3O6S. The van der Waals surface area contributed by atoms with Crippen LogP contribution in [-0.2, 0) is 21.4 Å². The Morgan fingerprint density at radius 3 is 2.29 bits per heavy atom. The molecule has 1 N–H and O–H groups in total. The van der Waals surface area contributed by atoms with E-state index in [1.54, 1.807) is 12.1 Å². The van der Waals surface area contributed by atoms with Crippen molar-refractivity contribution < 1.29 is 31.8 Å². The first-order chi connectivity index (χ1) is 18.1. The van der Waals surface area contributed by atoms with Crippen molar-refractivity contribution in [2.75, 3.05) is 27.9 Å². The second kappa shape index (κ2) is 12.9. The number of methoxy groups -OCH3 is 3. The van der Waals surface area contributed by atoms with Crippen molar-refractivity contribution in [2.45, 2.75) is 11.4 Å². The summed E-state index contributed by atoms with van der Waals surface area (Å²) in [7, 11) is 0.0890. The summed E-state index contributed by atoms with van der Waals surface area (Å²) in [5, 5.41) is 4.24. The van der Waals surface area contributed by atoms with E-state index in [2.05, 4.69) is 10.5 Å². The first-order valence-electron chi connectivity index (χ1n) is 10.9. The van der Waals surface area contributed by atoms with Crippen molar-refractivity contribution >= 4 is 45.3 Å². The Morgan fingerprint density at radius 2 is 1.68 bits per heavy atom. The van der Waals surface area contributed by atoms with Crippen LogP contribution >= 0.6 is 23.2 Å². The number of hydrogen-bond donors (Lipinski definition) is 1. The summed E-state index contributed by atoms with van der Waals surface area (Å²) in [6.07, 6.45) is 1.30. The number of hydrazone groups is 1. The van der Waals surface area contributed by atoms with Crippen molar-refractivity contribution in [1.29, 1.82) is 0 Å². The summed E-state index contributed by atoms with van der Waals surface area (Å²) in [5.74, 6) is -0.433. The van der Waals surface area contributed by atoms with Gasteiger partial charge in [0.25, 0.3) is 5.91 Å². The number of hydrogen-bond acceptors (Lipinski definition) is 7. The lowest BCUT2D eigenvalue weighted by Gasteiger charge is -2.22. The predicted molar refractivity (Wildman–Crippen MR) is 142 cm³/mol. The second-order valence-electron chi connectivity index (χ2n) is 7.64. The topological polar surface area (TPSA) is 107 Å². The van der Waals surface area contributed by atoms with Crippen molar-refractivity contribution in [3.8, 4) is 17.2 Å². The van der Waals surface area contributed by atoms with Gasteiger partial charge in [0.2, 0.25) is 15.8 Å². The Kier molecular flexibility index (Phi) is 9.92. The average Bonchev–Trinajstić information content (AvgIpc) is 2.89. The van der Waals surface area contributed by atoms with E-state index in [-0.39, 0.29) is 15.5 Å². The fourth-order valence-electron chi connectivity index (χ4n) is 3.44. The Hall–Kier alpha value is -3.38. The van der Waals surface area contributed by atoms with Crippen LogP contribution in [0.4, 0.5) is 4.39 Å². The average molecular weight is 584 g/mol. The lowest BCUT2D eigenvalue weighted by Crippen LogP contribution is -2.39. The predicted octanol–water partition coefficient (Wildman–Crippen LogP) is 4.50. The minimum Gasteiger partial charge on any atom is -0.493 e. The molecule has 13 heteroatoms. The summed E-state index contributed by atoms with van der Waals surface area (Å²) >= 11 is 12.0. The van der Waals surface area contributed by atoms with Gasteiger partial charge in [0.1, 0.15) is 5.82 Å². The number of sulfonamides is 1. The minimum atomic E-state index is -4.26. The van der Waals surface area contributed by atoms with E-state index in [1.807, 2.05) is 0 Å².